The Morgan fingerprint density at radius 2 is 1.67 bits per heavy atom. The number of ketones is 1. The summed E-state index contributed by atoms with van der Waals surface area (Å²) in [6, 6.07) is 2.84. The van der Waals surface area contributed by atoms with Crippen LogP contribution in [0.25, 0.3) is 0 Å². The van der Waals surface area contributed by atoms with Crippen LogP contribution >= 0.6 is 0 Å². The number of nitrogens with one attached hydrogen (secondary N) is 2. The summed E-state index contributed by atoms with van der Waals surface area (Å²) in [5.74, 6) is -3.37. The van der Waals surface area contributed by atoms with Gasteiger partial charge in [0.05, 0.1) is 21.3 Å². The molecule has 10 heteroatoms. The van der Waals surface area contributed by atoms with Gasteiger partial charge in [-0.1, -0.05) is 0 Å². The minimum absolute atomic E-state index is 0.185. The Balaban J connectivity index is 3.36. The molecule has 0 spiro atoms. The Morgan fingerprint density at radius 3 is 2.11 bits per heavy atom. The number of benzene rings is 1. The lowest BCUT2D eigenvalue weighted by Crippen LogP contribution is -2.47. The molecule has 0 heterocycles. The number of anilines is 1. The van der Waals surface area contributed by atoms with E-state index < -0.39 is 39.2 Å². The Labute approximate surface area is 157 Å². The van der Waals surface area contributed by atoms with Crippen LogP contribution in [0.15, 0.2) is 18.2 Å². The molecule has 152 valence electrons. The first-order valence-electron chi connectivity index (χ1n) is 7.93. The monoisotopic (exact) mass is 410 g/mol. The van der Waals surface area contributed by atoms with Crippen LogP contribution in [-0.4, -0.2) is 26.8 Å². The van der Waals surface area contributed by atoms with E-state index in [1.54, 1.807) is 26.1 Å². The SMILES string of the molecule is CC(=O)C[C@](C)(N[S@](=O)C(C)(C)C)c1cc(NC(=O)C(F)(F)F)ccc1F. The smallest absolute Gasteiger partial charge is 0.318 e. The van der Waals surface area contributed by atoms with Crippen LogP contribution in [0.2, 0.25) is 0 Å². The second-order valence-electron chi connectivity index (χ2n) is 7.34. The van der Waals surface area contributed by atoms with Crippen LogP contribution in [0.3, 0.4) is 0 Å². The topological polar surface area (TPSA) is 75.3 Å². The van der Waals surface area contributed by atoms with Crippen molar-refractivity contribution in [2.45, 2.75) is 57.5 Å². The third-order valence-corrected chi connectivity index (χ3v) is 5.30. The Bertz CT molecular complexity index is 760. The minimum Gasteiger partial charge on any atom is -0.318 e. The number of hydrogen-bond acceptors (Lipinski definition) is 3. The normalized spacial score (nSPS) is 15.7. The van der Waals surface area contributed by atoms with Gasteiger partial charge in [0.15, 0.2) is 0 Å². The maximum Gasteiger partial charge on any atom is 0.471 e. The number of carbonyl (C=O) groups is 2. The number of amides is 1. The molecule has 0 radical (unpaired) electrons. The number of alkyl halides is 3. The van der Waals surface area contributed by atoms with E-state index in [1.807, 2.05) is 0 Å². The number of hydrogen-bond donors (Lipinski definition) is 2. The first-order chi connectivity index (χ1) is 12.1. The van der Waals surface area contributed by atoms with Gasteiger partial charge in [-0.25, -0.2) is 13.3 Å². The van der Waals surface area contributed by atoms with Gasteiger partial charge in [0, 0.05) is 17.7 Å². The molecule has 0 aliphatic heterocycles. The molecule has 0 unspecified atom stereocenters. The average molecular weight is 410 g/mol. The molecule has 0 saturated heterocycles. The summed E-state index contributed by atoms with van der Waals surface area (Å²) in [5.41, 5.74) is -1.95. The van der Waals surface area contributed by atoms with Crippen molar-refractivity contribution in [2.24, 2.45) is 0 Å². The highest BCUT2D eigenvalue weighted by Crippen LogP contribution is 2.32. The van der Waals surface area contributed by atoms with Gasteiger partial charge in [0.25, 0.3) is 0 Å². The van der Waals surface area contributed by atoms with Crippen molar-refractivity contribution in [1.29, 1.82) is 0 Å². The molecule has 0 aromatic heterocycles. The van der Waals surface area contributed by atoms with E-state index >= 15 is 0 Å². The maximum absolute atomic E-state index is 14.4. The van der Waals surface area contributed by atoms with E-state index in [-0.39, 0.29) is 23.5 Å². The number of Topliss-reactive ketones (excluding diaryl/α,β-unsaturated/α-hetero) is 1. The van der Waals surface area contributed by atoms with Crippen LogP contribution in [0.5, 0.6) is 0 Å². The van der Waals surface area contributed by atoms with Crippen LogP contribution in [0, 0.1) is 5.82 Å². The quantitative estimate of drug-likeness (QED) is 0.704. The Morgan fingerprint density at radius 1 is 1.11 bits per heavy atom. The van der Waals surface area contributed by atoms with Crippen molar-refractivity contribution < 1.29 is 31.4 Å². The molecule has 1 amide bonds. The zero-order chi connectivity index (χ0) is 21.2. The van der Waals surface area contributed by atoms with E-state index in [4.69, 9.17) is 0 Å². The first kappa shape index (κ1) is 23.2. The summed E-state index contributed by atoms with van der Waals surface area (Å²) in [7, 11) is -1.70. The highest BCUT2D eigenvalue weighted by molar-refractivity contribution is 7.84. The van der Waals surface area contributed by atoms with Gasteiger partial charge in [-0.3, -0.25) is 9.59 Å². The van der Waals surface area contributed by atoms with E-state index in [0.717, 1.165) is 18.2 Å². The van der Waals surface area contributed by atoms with Crippen molar-refractivity contribution >= 4 is 28.4 Å². The molecule has 0 bridgehead atoms. The fourth-order valence-corrected chi connectivity index (χ4v) is 3.17. The zero-order valence-corrected chi connectivity index (χ0v) is 16.4. The zero-order valence-electron chi connectivity index (χ0n) is 15.6. The lowest BCUT2D eigenvalue weighted by Gasteiger charge is -2.33. The molecule has 2 atom stereocenters. The summed E-state index contributed by atoms with van der Waals surface area (Å²) in [4.78, 5) is 22.8. The molecule has 0 aliphatic carbocycles. The first-order valence-corrected chi connectivity index (χ1v) is 9.08. The molecule has 1 aromatic carbocycles. The second kappa shape index (κ2) is 8.05. The van der Waals surface area contributed by atoms with Crippen LogP contribution < -0.4 is 10.0 Å². The molecule has 2 N–H and O–H groups in total. The molecular weight excluding hydrogens is 388 g/mol. The Kier molecular flexibility index (Phi) is 6.93. The molecule has 1 rings (SSSR count). The second-order valence-corrected chi connectivity index (χ2v) is 9.31. The third-order valence-electron chi connectivity index (χ3n) is 3.55. The summed E-state index contributed by atoms with van der Waals surface area (Å²) in [5, 5.41) is 1.64. The van der Waals surface area contributed by atoms with Gasteiger partial charge in [-0.05, 0) is 52.8 Å². The fraction of sp³-hybridized carbons (Fsp3) is 0.529. The summed E-state index contributed by atoms with van der Waals surface area (Å²) in [6.07, 6.45) is -5.37. The van der Waals surface area contributed by atoms with E-state index in [2.05, 4.69) is 4.72 Å². The van der Waals surface area contributed by atoms with Crippen molar-refractivity contribution in [3.05, 3.63) is 29.6 Å². The van der Waals surface area contributed by atoms with Gasteiger partial charge in [-0.2, -0.15) is 13.2 Å². The average Bonchev–Trinajstić information content (AvgIpc) is 2.46. The lowest BCUT2D eigenvalue weighted by molar-refractivity contribution is -0.167. The van der Waals surface area contributed by atoms with Gasteiger partial charge in [0.1, 0.15) is 11.6 Å². The van der Waals surface area contributed by atoms with Gasteiger partial charge in [0.2, 0.25) is 0 Å². The van der Waals surface area contributed by atoms with Crippen molar-refractivity contribution in [3.63, 3.8) is 0 Å². The molecule has 1 aromatic rings. The largest absolute Gasteiger partial charge is 0.471 e. The standard InChI is InChI=1S/C17H22F4N2O3S/c1-10(24)9-16(5,23-27(26)15(2,3)4)12-8-11(6-7-13(12)18)22-14(25)17(19,20)21/h6-8,23H,9H2,1-5H3,(H,22,25)/t16-,27+/m0/s1. The van der Waals surface area contributed by atoms with E-state index in [1.165, 1.54) is 13.8 Å². The number of rotatable bonds is 6. The highest BCUT2D eigenvalue weighted by Gasteiger charge is 2.39. The van der Waals surface area contributed by atoms with Gasteiger partial charge in [-0.15, -0.1) is 0 Å². The van der Waals surface area contributed by atoms with Crippen LogP contribution in [0.1, 0.15) is 46.6 Å². The van der Waals surface area contributed by atoms with Crippen molar-refractivity contribution in [3.8, 4) is 0 Å². The predicted molar refractivity (Wildman–Crippen MR) is 94.8 cm³/mol. The van der Waals surface area contributed by atoms with Crippen LogP contribution in [0.4, 0.5) is 23.2 Å². The summed E-state index contributed by atoms with van der Waals surface area (Å²) in [6.45, 7) is 7.68. The predicted octanol–water partition coefficient (Wildman–Crippen LogP) is 3.57. The van der Waals surface area contributed by atoms with E-state index in [0.29, 0.717) is 0 Å². The third kappa shape index (κ3) is 6.39. The van der Waals surface area contributed by atoms with Crippen LogP contribution in [-0.2, 0) is 26.1 Å². The summed E-state index contributed by atoms with van der Waals surface area (Å²) < 4.78 is 66.2. The maximum atomic E-state index is 14.4. The molecule has 5 nitrogen and oxygen atoms in total. The molecular formula is C17H22F4N2O3S. The van der Waals surface area contributed by atoms with Crippen molar-refractivity contribution in [2.75, 3.05) is 5.32 Å². The highest BCUT2D eigenvalue weighted by atomic mass is 32.2. The van der Waals surface area contributed by atoms with E-state index in [9.17, 15) is 31.4 Å². The number of halogens is 4. The molecule has 0 fully saturated rings. The molecule has 27 heavy (non-hydrogen) atoms. The van der Waals surface area contributed by atoms with Gasteiger partial charge < -0.3 is 5.32 Å². The number of carbonyl (C=O) groups excluding carboxylic acids is 2. The minimum atomic E-state index is -5.11. The van der Waals surface area contributed by atoms with Crippen molar-refractivity contribution in [1.82, 2.24) is 4.72 Å². The summed E-state index contributed by atoms with van der Waals surface area (Å²) >= 11 is 0. The molecule has 0 saturated carbocycles. The lowest BCUT2D eigenvalue weighted by atomic mass is 9.87. The van der Waals surface area contributed by atoms with Gasteiger partial charge >= 0.3 is 12.1 Å². The Hall–Kier alpha value is -1.81. The molecule has 0 aliphatic rings. The fourth-order valence-electron chi connectivity index (χ4n) is 2.27.